The predicted molar refractivity (Wildman–Crippen MR) is 164 cm³/mol. The van der Waals surface area contributed by atoms with Gasteiger partial charge in [-0.3, -0.25) is 4.79 Å². The number of halogens is 4. The first-order valence-electron chi connectivity index (χ1n) is 14.8. The highest BCUT2D eigenvalue weighted by Gasteiger charge is 2.60. The molecule has 1 amide bonds. The number of sulfone groups is 1. The van der Waals surface area contributed by atoms with Crippen molar-refractivity contribution in [2.75, 3.05) is 12.4 Å². The van der Waals surface area contributed by atoms with Crippen LogP contribution in [0.3, 0.4) is 0 Å². The minimum Gasteiger partial charge on any atom is -0.466 e. The maximum absolute atomic E-state index is 14.2. The summed E-state index contributed by atoms with van der Waals surface area (Å²) in [6.45, 7) is 0.240. The van der Waals surface area contributed by atoms with Gasteiger partial charge in [0.15, 0.2) is 27.3 Å². The number of nitrogens with zero attached hydrogens (tertiary/aromatic N) is 1. The van der Waals surface area contributed by atoms with Crippen LogP contribution in [0.5, 0.6) is 0 Å². The molecule has 4 unspecified atom stereocenters. The zero-order valence-corrected chi connectivity index (χ0v) is 26.5. The van der Waals surface area contributed by atoms with E-state index in [1.54, 1.807) is 0 Å². The van der Waals surface area contributed by atoms with Crippen LogP contribution in [-0.2, 0) is 30.8 Å². The summed E-state index contributed by atoms with van der Waals surface area (Å²) in [5.74, 6) is -7.33. The van der Waals surface area contributed by atoms with Gasteiger partial charge in [0, 0.05) is 23.4 Å². The fraction of sp³-hybridized carbons (Fsp3) is 0.333. The molecule has 2 N–H and O–H groups in total. The van der Waals surface area contributed by atoms with E-state index in [9.17, 15) is 36.3 Å². The van der Waals surface area contributed by atoms with Gasteiger partial charge in [0.25, 0.3) is 5.91 Å². The third-order valence-electron chi connectivity index (χ3n) is 9.18. The number of rotatable bonds is 8. The lowest BCUT2D eigenvalue weighted by Crippen LogP contribution is -2.57. The van der Waals surface area contributed by atoms with Crippen LogP contribution in [0, 0.1) is 29.3 Å². The lowest BCUT2D eigenvalue weighted by atomic mass is 9.71. The molecule has 5 atom stereocenters. The van der Waals surface area contributed by atoms with E-state index >= 15 is 0 Å². The van der Waals surface area contributed by atoms with Crippen molar-refractivity contribution >= 4 is 39.0 Å². The van der Waals surface area contributed by atoms with Gasteiger partial charge in [0.2, 0.25) is 0 Å². The molecule has 2 bridgehead atoms. The van der Waals surface area contributed by atoms with Gasteiger partial charge in [-0.25, -0.2) is 26.4 Å². The van der Waals surface area contributed by atoms with Crippen molar-refractivity contribution in [2.24, 2.45) is 11.8 Å². The third-order valence-corrected chi connectivity index (χ3v) is 12.1. The van der Waals surface area contributed by atoms with Crippen LogP contribution in [0.25, 0.3) is 0 Å². The first kappa shape index (κ1) is 33.0. The first-order valence-corrected chi connectivity index (χ1v) is 16.7. The Kier molecular flexibility index (Phi) is 8.85. The monoisotopic (exact) mass is 690 g/mol. The molecule has 0 spiro atoms. The largest absolute Gasteiger partial charge is 0.466 e. The van der Waals surface area contributed by atoms with Crippen LogP contribution < -0.4 is 5.32 Å². The molecule has 14 heteroatoms. The highest BCUT2D eigenvalue weighted by molar-refractivity contribution is 7.92. The van der Waals surface area contributed by atoms with E-state index in [0.29, 0.717) is 25.0 Å². The number of anilines is 1. The summed E-state index contributed by atoms with van der Waals surface area (Å²) in [5.41, 5.74) is -1.09. The number of hydroxylamine groups is 2. The predicted octanol–water partition coefficient (Wildman–Crippen LogP) is 5.58. The van der Waals surface area contributed by atoms with E-state index < -0.39 is 67.9 Å². The van der Waals surface area contributed by atoms with E-state index in [0.717, 1.165) is 11.6 Å². The average Bonchev–Trinajstić information content (AvgIpc) is 3.59. The molecule has 3 aromatic carbocycles. The molecule has 248 valence electrons. The molecule has 3 aromatic rings. The SMILES string of the molecule is COC(=O)C1=CON(Cc2ccccc2)C1C1(O)CC2CC[C@H](C1)C2S(=O)(=O)c1cc(C(=O)Nc2cc(F)c(F)c(F)c2)ccc1Cl. The van der Waals surface area contributed by atoms with E-state index in [4.69, 9.17) is 21.2 Å². The molecular formula is C33H30ClF3N2O7S. The second-order valence-corrected chi connectivity index (χ2v) is 14.6. The van der Waals surface area contributed by atoms with Crippen LogP contribution in [0.15, 0.2) is 77.4 Å². The number of esters is 1. The van der Waals surface area contributed by atoms with E-state index in [1.165, 1.54) is 30.6 Å². The number of benzene rings is 3. The van der Waals surface area contributed by atoms with Crippen molar-refractivity contribution in [3.8, 4) is 0 Å². The van der Waals surface area contributed by atoms with Crippen molar-refractivity contribution in [3.05, 3.63) is 106 Å². The number of fused-ring (bicyclic) bond motifs is 2. The third kappa shape index (κ3) is 6.13. The molecule has 0 aromatic heterocycles. The minimum atomic E-state index is -4.19. The van der Waals surface area contributed by atoms with E-state index in [2.05, 4.69) is 5.32 Å². The van der Waals surface area contributed by atoms with Crippen LogP contribution in [0.2, 0.25) is 5.02 Å². The van der Waals surface area contributed by atoms with Gasteiger partial charge >= 0.3 is 5.97 Å². The quantitative estimate of drug-likeness (QED) is 0.232. The molecule has 2 saturated carbocycles. The number of hydrogen-bond donors (Lipinski definition) is 2. The topological polar surface area (TPSA) is 122 Å². The fourth-order valence-corrected chi connectivity index (χ4v) is 10.1. The van der Waals surface area contributed by atoms with Crippen molar-refractivity contribution in [1.29, 1.82) is 0 Å². The van der Waals surface area contributed by atoms with Gasteiger partial charge < -0.3 is 20.0 Å². The zero-order chi connectivity index (χ0) is 33.7. The standard InChI is InChI=1S/C33H30ClF3N2O7S/c1-45-32(41)23-17-46-39(16-18-5-3-2-4-6-18)30(23)33(42)14-20-7-8-21(15-33)29(20)47(43,44)27-11-19(9-10-24(27)34)31(40)38-22-12-25(35)28(37)26(36)13-22/h2-6,9-13,17,20-21,29-30,42H,7-8,14-16H2,1H3,(H,38,40)/t20-,21?,29?,30?,33?/m1/s1. The number of hydrogen-bond acceptors (Lipinski definition) is 8. The summed E-state index contributed by atoms with van der Waals surface area (Å²) in [6, 6.07) is 13.2. The molecule has 2 fully saturated rings. The molecule has 3 aliphatic rings. The van der Waals surface area contributed by atoms with Crippen LogP contribution in [0.4, 0.5) is 18.9 Å². The smallest absolute Gasteiger partial charge is 0.338 e. The van der Waals surface area contributed by atoms with Gasteiger partial charge in [-0.15, -0.1) is 5.06 Å². The second kappa shape index (κ2) is 12.6. The Morgan fingerprint density at radius 2 is 1.68 bits per heavy atom. The van der Waals surface area contributed by atoms with Crippen LogP contribution in [-0.4, -0.2) is 54.5 Å². The Morgan fingerprint density at radius 3 is 2.30 bits per heavy atom. The van der Waals surface area contributed by atoms with Gasteiger partial charge in [0.1, 0.15) is 12.3 Å². The molecule has 0 saturated heterocycles. The number of carbonyl (C=O) groups is 2. The summed E-state index contributed by atoms with van der Waals surface area (Å²) < 4.78 is 74.2. The Hall–Kier alpha value is -3.91. The lowest BCUT2D eigenvalue weighted by molar-refractivity contribution is -0.180. The van der Waals surface area contributed by atoms with E-state index in [1.807, 2.05) is 30.3 Å². The number of carbonyl (C=O) groups excluding carboxylic acids is 2. The van der Waals surface area contributed by atoms with Gasteiger partial charge in [-0.05, 0) is 61.3 Å². The maximum atomic E-state index is 14.2. The highest BCUT2D eigenvalue weighted by Crippen LogP contribution is 2.54. The molecule has 9 nitrogen and oxygen atoms in total. The average molecular weight is 691 g/mol. The van der Waals surface area contributed by atoms with Crippen molar-refractivity contribution in [3.63, 3.8) is 0 Å². The van der Waals surface area contributed by atoms with Crippen molar-refractivity contribution < 1.29 is 45.9 Å². The van der Waals surface area contributed by atoms with E-state index in [-0.39, 0.29) is 46.1 Å². The molecular weight excluding hydrogens is 661 g/mol. The lowest BCUT2D eigenvalue weighted by Gasteiger charge is -2.46. The van der Waals surface area contributed by atoms with Crippen LogP contribution in [0.1, 0.15) is 41.6 Å². The van der Waals surface area contributed by atoms with Gasteiger partial charge in [-0.2, -0.15) is 0 Å². The zero-order valence-electron chi connectivity index (χ0n) is 25.0. The van der Waals surface area contributed by atoms with Gasteiger partial charge in [0.05, 0.1) is 40.0 Å². The summed E-state index contributed by atoms with van der Waals surface area (Å²) in [4.78, 5) is 31.2. The Morgan fingerprint density at radius 1 is 1.04 bits per heavy atom. The number of nitrogens with one attached hydrogen (secondary N) is 1. The summed E-state index contributed by atoms with van der Waals surface area (Å²) in [5, 5.41) is 14.9. The highest BCUT2D eigenvalue weighted by atomic mass is 35.5. The number of ether oxygens (including phenoxy) is 1. The minimum absolute atomic E-state index is 0.0283. The fourth-order valence-electron chi connectivity index (χ4n) is 7.27. The van der Waals surface area contributed by atoms with Crippen molar-refractivity contribution in [2.45, 2.75) is 54.0 Å². The second-order valence-electron chi connectivity index (χ2n) is 12.1. The first-order chi connectivity index (χ1) is 22.3. The summed E-state index contributed by atoms with van der Waals surface area (Å²) in [7, 11) is -2.96. The van der Waals surface area contributed by atoms with Crippen LogP contribution >= 0.6 is 11.6 Å². The Balaban J connectivity index is 1.26. The molecule has 1 aliphatic heterocycles. The molecule has 0 radical (unpaired) electrons. The molecule has 2 aliphatic carbocycles. The normalized spacial score (nSPS) is 25.6. The Labute approximate surface area is 273 Å². The Bertz CT molecular complexity index is 1840. The van der Waals surface area contributed by atoms with Gasteiger partial charge in [-0.1, -0.05) is 41.9 Å². The number of aliphatic hydroxyl groups is 1. The molecule has 6 rings (SSSR count). The summed E-state index contributed by atoms with van der Waals surface area (Å²) in [6.07, 6.45) is 2.29. The molecule has 1 heterocycles. The maximum Gasteiger partial charge on any atom is 0.338 e. The number of amides is 1. The summed E-state index contributed by atoms with van der Waals surface area (Å²) >= 11 is 6.38. The number of methoxy groups -OCH3 is 1. The molecule has 47 heavy (non-hydrogen) atoms. The van der Waals surface area contributed by atoms with Crippen molar-refractivity contribution in [1.82, 2.24) is 5.06 Å².